The van der Waals surface area contributed by atoms with Gasteiger partial charge >= 0.3 is 19.1 Å². The SMILES string of the molecule is Nc1[nH]c(=O)c(C(=O)O)c(-c2ccc(F)c(B(O)O)c2)c1C(=O)O. The van der Waals surface area contributed by atoms with Crippen molar-refractivity contribution in [1.29, 1.82) is 0 Å². The number of carboxylic acids is 2. The predicted molar refractivity (Wildman–Crippen MR) is 80.6 cm³/mol. The van der Waals surface area contributed by atoms with Crippen molar-refractivity contribution in [2.24, 2.45) is 0 Å². The molecule has 24 heavy (non-hydrogen) atoms. The molecule has 2 aromatic rings. The molecular weight excluding hydrogens is 326 g/mol. The zero-order chi connectivity index (χ0) is 18.2. The quantitative estimate of drug-likeness (QED) is 0.379. The van der Waals surface area contributed by atoms with Gasteiger partial charge in [-0.05, 0) is 11.6 Å². The van der Waals surface area contributed by atoms with Crippen molar-refractivity contribution in [1.82, 2.24) is 4.98 Å². The van der Waals surface area contributed by atoms with Crippen molar-refractivity contribution in [3.05, 3.63) is 45.5 Å². The molecular formula is C13H10BFN2O7. The molecule has 2 rings (SSSR count). The summed E-state index contributed by atoms with van der Waals surface area (Å²) in [6.07, 6.45) is 0. The third kappa shape index (κ3) is 2.85. The number of rotatable bonds is 4. The van der Waals surface area contributed by atoms with E-state index in [0.717, 1.165) is 18.2 Å². The van der Waals surface area contributed by atoms with Gasteiger partial charge in [0.1, 0.15) is 22.8 Å². The molecule has 0 atom stereocenters. The third-order valence-electron chi connectivity index (χ3n) is 3.24. The molecule has 11 heteroatoms. The maximum atomic E-state index is 13.6. The van der Waals surface area contributed by atoms with Gasteiger partial charge in [0.05, 0.1) is 0 Å². The Hall–Kier alpha value is -3.18. The smallest absolute Gasteiger partial charge is 0.478 e. The van der Waals surface area contributed by atoms with Crippen LogP contribution in [0.25, 0.3) is 11.1 Å². The van der Waals surface area contributed by atoms with Gasteiger partial charge < -0.3 is 31.0 Å². The van der Waals surface area contributed by atoms with E-state index in [2.05, 4.69) is 0 Å². The minimum absolute atomic E-state index is 0.230. The van der Waals surface area contributed by atoms with Gasteiger partial charge in [0.15, 0.2) is 0 Å². The van der Waals surface area contributed by atoms with E-state index in [1.165, 1.54) is 0 Å². The first-order valence-electron chi connectivity index (χ1n) is 6.33. The Morgan fingerprint density at radius 1 is 1.12 bits per heavy atom. The first kappa shape index (κ1) is 17.2. The van der Waals surface area contributed by atoms with Gasteiger partial charge in [-0.1, -0.05) is 12.1 Å². The lowest BCUT2D eigenvalue weighted by Crippen LogP contribution is -2.33. The molecule has 0 bridgehead atoms. The molecule has 0 saturated carbocycles. The second kappa shape index (κ2) is 6.14. The number of pyridine rings is 1. The van der Waals surface area contributed by atoms with Crippen LogP contribution in [0.15, 0.2) is 23.0 Å². The van der Waals surface area contributed by atoms with E-state index in [-0.39, 0.29) is 5.56 Å². The Kier molecular flexibility index (Phi) is 4.40. The number of aromatic carboxylic acids is 2. The van der Waals surface area contributed by atoms with Crippen LogP contribution >= 0.6 is 0 Å². The normalized spacial score (nSPS) is 10.5. The molecule has 0 saturated heterocycles. The molecule has 0 amide bonds. The summed E-state index contributed by atoms with van der Waals surface area (Å²) in [4.78, 5) is 36.6. The molecule has 0 aliphatic rings. The number of anilines is 1. The number of nitrogens with one attached hydrogen (secondary N) is 1. The van der Waals surface area contributed by atoms with Crippen LogP contribution in [0.5, 0.6) is 0 Å². The van der Waals surface area contributed by atoms with Gasteiger partial charge in [0, 0.05) is 11.0 Å². The predicted octanol–water partition coefficient (Wildman–Crippen LogP) is -1.16. The number of H-pyrrole nitrogens is 1. The van der Waals surface area contributed by atoms with E-state index in [1.807, 2.05) is 4.98 Å². The van der Waals surface area contributed by atoms with E-state index >= 15 is 0 Å². The number of aromatic nitrogens is 1. The lowest BCUT2D eigenvalue weighted by molar-refractivity contribution is 0.0695. The van der Waals surface area contributed by atoms with Crippen molar-refractivity contribution in [3.8, 4) is 11.1 Å². The molecule has 0 radical (unpaired) electrons. The maximum absolute atomic E-state index is 13.6. The number of hydrogen-bond donors (Lipinski definition) is 6. The van der Waals surface area contributed by atoms with Crippen molar-refractivity contribution in [2.75, 3.05) is 5.73 Å². The Morgan fingerprint density at radius 3 is 2.21 bits per heavy atom. The molecule has 1 aromatic heterocycles. The number of carbonyl (C=O) groups is 2. The third-order valence-corrected chi connectivity index (χ3v) is 3.24. The lowest BCUT2D eigenvalue weighted by Gasteiger charge is -2.13. The van der Waals surface area contributed by atoms with Gasteiger partial charge in [0.25, 0.3) is 5.56 Å². The monoisotopic (exact) mass is 336 g/mol. The molecule has 7 N–H and O–H groups in total. The molecule has 9 nitrogen and oxygen atoms in total. The molecule has 1 heterocycles. The summed E-state index contributed by atoms with van der Waals surface area (Å²) < 4.78 is 13.6. The van der Waals surface area contributed by atoms with Crippen LogP contribution in [0, 0.1) is 5.82 Å². The van der Waals surface area contributed by atoms with E-state index in [1.54, 1.807) is 0 Å². The van der Waals surface area contributed by atoms with Crippen LogP contribution in [-0.4, -0.2) is 44.3 Å². The zero-order valence-corrected chi connectivity index (χ0v) is 11.8. The Bertz CT molecular complexity index is 910. The summed E-state index contributed by atoms with van der Waals surface area (Å²) in [6.45, 7) is 0. The van der Waals surface area contributed by atoms with Gasteiger partial charge in [-0.15, -0.1) is 0 Å². The highest BCUT2D eigenvalue weighted by Gasteiger charge is 2.28. The first-order valence-corrected chi connectivity index (χ1v) is 6.33. The molecule has 0 spiro atoms. The highest BCUT2D eigenvalue weighted by molar-refractivity contribution is 6.58. The fourth-order valence-corrected chi connectivity index (χ4v) is 2.23. The average molecular weight is 336 g/mol. The van der Waals surface area contributed by atoms with E-state index in [4.69, 9.17) is 15.8 Å². The van der Waals surface area contributed by atoms with Crippen LogP contribution in [0.3, 0.4) is 0 Å². The standard InChI is InChI=1S/C13H10BFN2O7/c15-6-2-1-4(3-5(6)14(23)24)7-8(12(19)20)10(16)17-11(18)9(7)13(21)22/h1-3,23-24H,(H,19,20)(H,21,22)(H3,16,17,18). The van der Waals surface area contributed by atoms with Crippen LogP contribution in [-0.2, 0) is 0 Å². The fraction of sp³-hybridized carbons (Fsp3) is 0. The number of hydrogen-bond acceptors (Lipinski definition) is 6. The highest BCUT2D eigenvalue weighted by atomic mass is 19.1. The molecule has 0 aliphatic heterocycles. The summed E-state index contributed by atoms with van der Waals surface area (Å²) in [5.74, 6) is -4.97. The Balaban J connectivity index is 2.97. The number of nitrogen functional groups attached to an aromatic ring is 1. The zero-order valence-electron chi connectivity index (χ0n) is 11.8. The van der Waals surface area contributed by atoms with Gasteiger partial charge in [-0.25, -0.2) is 14.0 Å². The topological polar surface area (TPSA) is 174 Å². The summed E-state index contributed by atoms with van der Waals surface area (Å²) in [6, 6.07) is 2.60. The van der Waals surface area contributed by atoms with Crippen molar-refractivity contribution >= 4 is 30.3 Å². The number of halogens is 1. The lowest BCUT2D eigenvalue weighted by atomic mass is 9.78. The van der Waals surface area contributed by atoms with E-state index in [0.29, 0.717) is 0 Å². The van der Waals surface area contributed by atoms with Crippen LogP contribution in [0.2, 0.25) is 0 Å². The molecule has 124 valence electrons. The Labute approximate surface area is 132 Å². The van der Waals surface area contributed by atoms with Crippen LogP contribution < -0.4 is 16.8 Å². The molecule has 0 fully saturated rings. The number of nitrogens with two attached hydrogens (primary N) is 1. The molecule has 1 aromatic carbocycles. The number of aromatic amines is 1. The highest BCUT2D eigenvalue weighted by Crippen LogP contribution is 2.28. The van der Waals surface area contributed by atoms with Crippen molar-refractivity contribution in [2.45, 2.75) is 0 Å². The van der Waals surface area contributed by atoms with Gasteiger partial charge in [0.2, 0.25) is 0 Å². The second-order valence-corrected chi connectivity index (χ2v) is 4.71. The van der Waals surface area contributed by atoms with Crippen LogP contribution in [0.4, 0.5) is 10.2 Å². The van der Waals surface area contributed by atoms with Crippen LogP contribution in [0.1, 0.15) is 20.7 Å². The molecule has 0 unspecified atom stereocenters. The summed E-state index contributed by atoms with van der Waals surface area (Å²) in [5.41, 5.74) is 1.24. The minimum atomic E-state index is -2.23. The van der Waals surface area contributed by atoms with Gasteiger partial charge in [-0.3, -0.25) is 4.79 Å². The van der Waals surface area contributed by atoms with Gasteiger partial charge in [-0.2, -0.15) is 0 Å². The molecule has 0 aliphatic carbocycles. The maximum Gasteiger partial charge on any atom is 0.491 e. The van der Waals surface area contributed by atoms with Crippen molar-refractivity contribution in [3.63, 3.8) is 0 Å². The summed E-state index contributed by atoms with van der Waals surface area (Å²) >= 11 is 0. The fourth-order valence-electron chi connectivity index (χ4n) is 2.23. The van der Waals surface area contributed by atoms with Crippen molar-refractivity contribution < 1.29 is 34.2 Å². The Morgan fingerprint density at radius 2 is 1.71 bits per heavy atom. The largest absolute Gasteiger partial charge is 0.491 e. The first-order chi connectivity index (χ1) is 11.1. The average Bonchev–Trinajstić information content (AvgIpc) is 2.45. The minimum Gasteiger partial charge on any atom is -0.478 e. The number of benzene rings is 1. The van der Waals surface area contributed by atoms with E-state index < -0.39 is 58.4 Å². The summed E-state index contributed by atoms with van der Waals surface area (Å²) in [7, 11) is -2.23. The second-order valence-electron chi connectivity index (χ2n) is 4.71. The summed E-state index contributed by atoms with van der Waals surface area (Å²) in [5, 5.41) is 36.7. The number of carboxylic acid groups (broad SMARTS) is 2. The van der Waals surface area contributed by atoms with E-state index in [9.17, 15) is 29.0 Å².